The van der Waals surface area contributed by atoms with Crippen LogP contribution in [-0.4, -0.2) is 48.1 Å². The van der Waals surface area contributed by atoms with Crippen molar-refractivity contribution in [3.05, 3.63) is 0 Å². The maximum absolute atomic E-state index is 8.43. The lowest BCUT2D eigenvalue weighted by Crippen LogP contribution is -2.33. The lowest BCUT2D eigenvalue weighted by molar-refractivity contribution is 0.301. The van der Waals surface area contributed by atoms with Crippen LogP contribution in [-0.2, 0) is 0 Å². The van der Waals surface area contributed by atoms with E-state index in [9.17, 15) is 0 Å². The average molecular weight is 205 g/mol. The summed E-state index contributed by atoms with van der Waals surface area (Å²) in [7, 11) is 2.04. The number of nitrogens with zero attached hydrogens (tertiary/aromatic N) is 2. The molecule has 0 aliphatic heterocycles. The molecule has 0 heterocycles. The van der Waals surface area contributed by atoms with Gasteiger partial charge in [0.1, 0.15) is 5.84 Å². The fourth-order valence-corrected chi connectivity index (χ4v) is 1.49. The van der Waals surface area contributed by atoms with E-state index in [-0.39, 0.29) is 5.92 Å². The molecule has 0 aromatic carbocycles. The summed E-state index contributed by atoms with van der Waals surface area (Å²) in [5, 5.41) is 11.4. The number of oxime groups is 1. The molecule has 4 nitrogen and oxygen atoms in total. The molecule has 0 rings (SSSR count). The summed E-state index contributed by atoms with van der Waals surface area (Å²) >= 11 is 1.82. The third-order valence-electron chi connectivity index (χ3n) is 1.88. The molecule has 0 aliphatic rings. The normalized spacial score (nSPS) is 14.9. The summed E-state index contributed by atoms with van der Waals surface area (Å²) in [6, 6.07) is 0. The number of amidine groups is 1. The van der Waals surface area contributed by atoms with Crippen LogP contribution in [0.25, 0.3) is 0 Å². The van der Waals surface area contributed by atoms with Gasteiger partial charge < -0.3 is 15.8 Å². The molecule has 0 spiro atoms. The van der Waals surface area contributed by atoms with Gasteiger partial charge in [-0.05, 0) is 13.3 Å². The van der Waals surface area contributed by atoms with Gasteiger partial charge in [0, 0.05) is 24.8 Å². The highest BCUT2D eigenvalue weighted by molar-refractivity contribution is 7.98. The molecule has 5 heteroatoms. The second-order valence-corrected chi connectivity index (χ2v) is 4.17. The van der Waals surface area contributed by atoms with Gasteiger partial charge in [-0.15, -0.1) is 0 Å². The van der Waals surface area contributed by atoms with E-state index in [1.165, 1.54) is 0 Å². The van der Waals surface area contributed by atoms with Crippen molar-refractivity contribution < 1.29 is 5.21 Å². The molecule has 0 bridgehead atoms. The van der Waals surface area contributed by atoms with Crippen molar-refractivity contribution in [1.29, 1.82) is 0 Å². The standard InChI is InChI=1S/C8H19N3OS/c1-7(8(9)10-12)6-11(2)4-5-13-3/h7,12H,4-6H2,1-3H3,(H2,9,10). The zero-order valence-electron chi connectivity index (χ0n) is 8.53. The molecule has 0 aromatic rings. The van der Waals surface area contributed by atoms with Crippen molar-refractivity contribution in [2.75, 3.05) is 32.1 Å². The Balaban J connectivity index is 3.71. The molecule has 0 amide bonds. The Kier molecular flexibility index (Phi) is 6.80. The third-order valence-corrected chi connectivity index (χ3v) is 2.47. The van der Waals surface area contributed by atoms with Crippen LogP contribution in [0.3, 0.4) is 0 Å². The summed E-state index contributed by atoms with van der Waals surface area (Å²) in [5.74, 6) is 1.52. The highest BCUT2D eigenvalue weighted by Crippen LogP contribution is 2.00. The maximum Gasteiger partial charge on any atom is 0.143 e. The third kappa shape index (κ3) is 5.76. The Bertz CT molecular complexity index is 163. The molecule has 13 heavy (non-hydrogen) atoms. The van der Waals surface area contributed by atoms with E-state index < -0.39 is 0 Å². The first kappa shape index (κ1) is 12.6. The molecule has 0 saturated heterocycles. The van der Waals surface area contributed by atoms with Crippen LogP contribution in [0.15, 0.2) is 5.16 Å². The molecule has 1 unspecified atom stereocenters. The van der Waals surface area contributed by atoms with E-state index in [0.29, 0.717) is 5.84 Å². The predicted molar refractivity (Wildman–Crippen MR) is 58.5 cm³/mol. The Morgan fingerprint density at radius 1 is 1.69 bits per heavy atom. The fourth-order valence-electron chi connectivity index (χ4n) is 0.998. The summed E-state index contributed by atoms with van der Waals surface area (Å²) in [6.45, 7) is 3.81. The van der Waals surface area contributed by atoms with Crippen LogP contribution < -0.4 is 5.73 Å². The Labute approximate surface area is 84.2 Å². The van der Waals surface area contributed by atoms with E-state index in [0.717, 1.165) is 18.8 Å². The number of hydrogen-bond donors (Lipinski definition) is 2. The summed E-state index contributed by atoms with van der Waals surface area (Å²) < 4.78 is 0. The zero-order chi connectivity index (χ0) is 10.3. The van der Waals surface area contributed by atoms with Crippen molar-refractivity contribution >= 4 is 17.6 Å². The van der Waals surface area contributed by atoms with Gasteiger partial charge in [0.05, 0.1) is 0 Å². The van der Waals surface area contributed by atoms with Gasteiger partial charge in [0.2, 0.25) is 0 Å². The quantitative estimate of drug-likeness (QED) is 0.289. The lowest BCUT2D eigenvalue weighted by Gasteiger charge is -2.19. The second kappa shape index (κ2) is 7.03. The van der Waals surface area contributed by atoms with Crippen LogP contribution in [0.2, 0.25) is 0 Å². The second-order valence-electron chi connectivity index (χ2n) is 3.18. The Morgan fingerprint density at radius 3 is 2.77 bits per heavy atom. The smallest absolute Gasteiger partial charge is 0.143 e. The largest absolute Gasteiger partial charge is 0.409 e. The molecule has 0 saturated carbocycles. The van der Waals surface area contributed by atoms with Crippen molar-refractivity contribution in [2.45, 2.75) is 6.92 Å². The minimum Gasteiger partial charge on any atom is -0.409 e. The van der Waals surface area contributed by atoms with Crippen molar-refractivity contribution in [3.63, 3.8) is 0 Å². The van der Waals surface area contributed by atoms with E-state index in [1.54, 1.807) is 0 Å². The monoisotopic (exact) mass is 205 g/mol. The SMILES string of the molecule is CSCCN(C)CC(C)C(N)=NO. The Morgan fingerprint density at radius 2 is 2.31 bits per heavy atom. The van der Waals surface area contributed by atoms with Gasteiger partial charge in [-0.1, -0.05) is 12.1 Å². The molecular weight excluding hydrogens is 186 g/mol. The zero-order valence-corrected chi connectivity index (χ0v) is 9.34. The molecule has 3 N–H and O–H groups in total. The van der Waals surface area contributed by atoms with Gasteiger partial charge in [-0.2, -0.15) is 11.8 Å². The van der Waals surface area contributed by atoms with Gasteiger partial charge in [0.25, 0.3) is 0 Å². The van der Waals surface area contributed by atoms with Gasteiger partial charge in [0.15, 0.2) is 0 Å². The number of thioether (sulfide) groups is 1. The minimum absolute atomic E-state index is 0.108. The van der Waals surface area contributed by atoms with Crippen LogP contribution in [0.5, 0.6) is 0 Å². The van der Waals surface area contributed by atoms with Crippen LogP contribution in [0, 0.1) is 5.92 Å². The van der Waals surface area contributed by atoms with Gasteiger partial charge >= 0.3 is 0 Å². The van der Waals surface area contributed by atoms with E-state index >= 15 is 0 Å². The summed E-state index contributed by atoms with van der Waals surface area (Å²) in [5.41, 5.74) is 5.46. The first-order valence-corrected chi connectivity index (χ1v) is 5.66. The van der Waals surface area contributed by atoms with E-state index in [4.69, 9.17) is 10.9 Å². The fraction of sp³-hybridized carbons (Fsp3) is 0.875. The molecular formula is C8H19N3OS. The first-order chi connectivity index (χ1) is 6.11. The van der Waals surface area contributed by atoms with Gasteiger partial charge in [-0.25, -0.2) is 0 Å². The number of nitrogens with two attached hydrogens (primary N) is 1. The molecule has 78 valence electrons. The van der Waals surface area contributed by atoms with Gasteiger partial charge in [-0.3, -0.25) is 0 Å². The summed E-state index contributed by atoms with van der Waals surface area (Å²) in [6.07, 6.45) is 2.08. The van der Waals surface area contributed by atoms with Crippen molar-refractivity contribution in [2.24, 2.45) is 16.8 Å². The number of hydrogen-bond acceptors (Lipinski definition) is 4. The molecule has 1 atom stereocenters. The van der Waals surface area contributed by atoms with Crippen molar-refractivity contribution in [3.8, 4) is 0 Å². The summed E-state index contributed by atoms with van der Waals surface area (Å²) in [4.78, 5) is 2.18. The van der Waals surface area contributed by atoms with Crippen LogP contribution in [0.4, 0.5) is 0 Å². The average Bonchev–Trinajstić information content (AvgIpc) is 2.13. The minimum atomic E-state index is 0.108. The lowest BCUT2D eigenvalue weighted by atomic mass is 10.1. The van der Waals surface area contributed by atoms with E-state index in [1.807, 2.05) is 25.7 Å². The highest BCUT2D eigenvalue weighted by Gasteiger charge is 2.09. The van der Waals surface area contributed by atoms with E-state index in [2.05, 4.69) is 16.3 Å². The maximum atomic E-state index is 8.43. The Hall–Kier alpha value is -0.420. The number of rotatable bonds is 6. The van der Waals surface area contributed by atoms with Crippen LogP contribution in [0.1, 0.15) is 6.92 Å². The topological polar surface area (TPSA) is 61.8 Å². The molecule has 0 fully saturated rings. The first-order valence-electron chi connectivity index (χ1n) is 4.26. The van der Waals surface area contributed by atoms with Crippen LogP contribution >= 0.6 is 11.8 Å². The molecule has 0 radical (unpaired) electrons. The highest BCUT2D eigenvalue weighted by atomic mass is 32.2. The molecule has 0 aliphatic carbocycles. The van der Waals surface area contributed by atoms with Crippen molar-refractivity contribution in [1.82, 2.24) is 4.90 Å². The molecule has 0 aromatic heterocycles. The predicted octanol–water partition coefficient (Wildman–Crippen LogP) is 0.664.